The molecule has 4 rings (SSSR count). The molecule has 4 amide bonds. The minimum atomic E-state index is -1.21. The lowest BCUT2D eigenvalue weighted by atomic mass is 10.0. The molecule has 0 radical (unpaired) electrons. The lowest BCUT2D eigenvalue weighted by Gasteiger charge is -2.54. The maximum Gasteiger partial charge on any atom is 0.334 e. The van der Waals surface area contributed by atoms with E-state index in [2.05, 4.69) is 5.32 Å². The number of carboxylic acids is 1. The average molecular weight is 510 g/mol. The molecule has 196 valence electrons. The van der Waals surface area contributed by atoms with Gasteiger partial charge in [0.15, 0.2) is 0 Å². The third-order valence-corrected chi connectivity index (χ3v) is 6.61. The standard InChI is InChI=1S/C26H31N5O6/c1-17-4-6-19(7-5-17)14-29-15-22-30(21(25(29)35)12-24(33)34)23(32)16-28(2)31(22)26(36)27-13-18-8-10-20(37-3)11-9-18/h4-11,21-22H,12-16H2,1-3H3,(H,27,36)(H,33,34)/t21-,22-/m0/s1. The molecule has 2 N–H and O–H groups in total. The number of nitrogens with zero attached hydrogens (tertiary/aromatic N) is 4. The maximum atomic E-state index is 13.4. The predicted octanol–water partition coefficient (Wildman–Crippen LogP) is 1.42. The lowest BCUT2D eigenvalue weighted by Crippen LogP contribution is -2.76. The first-order valence-electron chi connectivity index (χ1n) is 12.0. The van der Waals surface area contributed by atoms with E-state index in [0.717, 1.165) is 16.7 Å². The molecule has 11 nitrogen and oxygen atoms in total. The van der Waals surface area contributed by atoms with E-state index in [1.807, 2.05) is 43.3 Å². The molecule has 2 aromatic carbocycles. The molecular formula is C26H31N5O6. The lowest BCUT2D eigenvalue weighted by molar-refractivity contribution is -0.189. The van der Waals surface area contributed by atoms with Gasteiger partial charge in [-0.2, -0.15) is 0 Å². The molecule has 0 aliphatic carbocycles. The summed E-state index contributed by atoms with van der Waals surface area (Å²) in [7, 11) is 3.19. The molecule has 2 aliphatic rings. The van der Waals surface area contributed by atoms with Gasteiger partial charge in [0.25, 0.3) is 0 Å². The zero-order chi connectivity index (χ0) is 26.7. The van der Waals surface area contributed by atoms with Crippen LogP contribution in [-0.2, 0) is 27.5 Å². The number of hydrogen-bond donors (Lipinski definition) is 2. The summed E-state index contributed by atoms with van der Waals surface area (Å²) in [5, 5.41) is 15.3. The van der Waals surface area contributed by atoms with Crippen LogP contribution < -0.4 is 10.1 Å². The first-order valence-corrected chi connectivity index (χ1v) is 12.0. The van der Waals surface area contributed by atoms with Gasteiger partial charge < -0.3 is 25.0 Å². The summed E-state index contributed by atoms with van der Waals surface area (Å²) < 4.78 is 5.16. The fourth-order valence-corrected chi connectivity index (χ4v) is 4.73. The van der Waals surface area contributed by atoms with Crippen LogP contribution in [0.4, 0.5) is 4.79 Å². The highest BCUT2D eigenvalue weighted by atomic mass is 16.5. The number of methoxy groups -OCH3 is 1. The third-order valence-electron chi connectivity index (χ3n) is 6.61. The largest absolute Gasteiger partial charge is 0.497 e. The van der Waals surface area contributed by atoms with Gasteiger partial charge in [-0.1, -0.05) is 42.0 Å². The van der Waals surface area contributed by atoms with Crippen LogP contribution in [0.25, 0.3) is 0 Å². The van der Waals surface area contributed by atoms with Crippen molar-refractivity contribution in [3.05, 3.63) is 65.2 Å². The van der Waals surface area contributed by atoms with E-state index in [0.29, 0.717) is 5.75 Å². The first kappa shape index (κ1) is 26.0. The number of urea groups is 1. The molecule has 0 spiro atoms. The van der Waals surface area contributed by atoms with Crippen LogP contribution >= 0.6 is 0 Å². The molecule has 2 aliphatic heterocycles. The number of hydrazine groups is 1. The summed E-state index contributed by atoms with van der Waals surface area (Å²) in [4.78, 5) is 54.2. The molecule has 0 saturated carbocycles. The number of carboxylic acid groups (broad SMARTS) is 1. The monoisotopic (exact) mass is 509 g/mol. The fourth-order valence-electron chi connectivity index (χ4n) is 4.73. The number of aryl methyl sites for hydroxylation is 1. The van der Waals surface area contributed by atoms with Gasteiger partial charge in [0, 0.05) is 20.1 Å². The van der Waals surface area contributed by atoms with E-state index < -0.39 is 42.4 Å². The van der Waals surface area contributed by atoms with E-state index in [1.54, 1.807) is 26.3 Å². The smallest absolute Gasteiger partial charge is 0.334 e. The van der Waals surface area contributed by atoms with E-state index in [9.17, 15) is 24.3 Å². The number of ether oxygens (including phenoxy) is 1. The van der Waals surface area contributed by atoms with Crippen LogP contribution in [-0.4, -0.2) is 88.2 Å². The molecule has 0 unspecified atom stereocenters. The van der Waals surface area contributed by atoms with Gasteiger partial charge in [0.2, 0.25) is 11.8 Å². The average Bonchev–Trinajstić information content (AvgIpc) is 2.86. The van der Waals surface area contributed by atoms with Crippen LogP contribution in [0.5, 0.6) is 5.75 Å². The predicted molar refractivity (Wildman–Crippen MR) is 133 cm³/mol. The van der Waals surface area contributed by atoms with Crippen LogP contribution in [0, 0.1) is 6.92 Å². The van der Waals surface area contributed by atoms with Gasteiger partial charge in [0.1, 0.15) is 18.0 Å². The molecule has 2 atom stereocenters. The first-order chi connectivity index (χ1) is 17.7. The van der Waals surface area contributed by atoms with Gasteiger partial charge >= 0.3 is 12.0 Å². The SMILES string of the molecule is COc1ccc(CNC(=O)N2[C@H]3CN(Cc4ccc(C)cc4)C(=O)[C@H](CC(=O)O)N3C(=O)CN2C)cc1. The number of nitrogens with one attached hydrogen (secondary N) is 1. The number of likely N-dealkylation sites (N-methyl/N-ethyl adjacent to an activating group) is 1. The molecule has 11 heteroatoms. The zero-order valence-corrected chi connectivity index (χ0v) is 21.1. The van der Waals surface area contributed by atoms with Crippen LogP contribution in [0.3, 0.4) is 0 Å². The summed E-state index contributed by atoms with van der Waals surface area (Å²) in [6.45, 7) is 2.32. The molecule has 2 fully saturated rings. The number of carbonyl (C=O) groups excluding carboxylic acids is 3. The maximum absolute atomic E-state index is 13.4. The minimum absolute atomic E-state index is 0.0505. The number of hydrogen-bond acceptors (Lipinski definition) is 6. The number of fused-ring (bicyclic) bond motifs is 1. The number of amides is 4. The highest BCUT2D eigenvalue weighted by Crippen LogP contribution is 2.28. The van der Waals surface area contributed by atoms with Crippen molar-refractivity contribution in [1.29, 1.82) is 0 Å². The quantitative estimate of drug-likeness (QED) is 0.579. The summed E-state index contributed by atoms with van der Waals surface area (Å²) in [5.41, 5.74) is 2.79. The summed E-state index contributed by atoms with van der Waals surface area (Å²) in [6, 6.07) is 13.3. The number of aliphatic carboxylic acids is 1. The van der Waals surface area contributed by atoms with Crippen molar-refractivity contribution < 1.29 is 29.0 Å². The van der Waals surface area contributed by atoms with Crippen molar-refractivity contribution in [1.82, 2.24) is 25.1 Å². The topological polar surface area (TPSA) is 123 Å². The van der Waals surface area contributed by atoms with E-state index in [-0.39, 0.29) is 26.2 Å². The second-order valence-electron chi connectivity index (χ2n) is 9.27. The van der Waals surface area contributed by atoms with Crippen LogP contribution in [0.2, 0.25) is 0 Å². The van der Waals surface area contributed by atoms with E-state index in [1.165, 1.54) is 19.8 Å². The Morgan fingerprint density at radius 1 is 1.05 bits per heavy atom. The molecule has 0 bridgehead atoms. The van der Waals surface area contributed by atoms with E-state index >= 15 is 0 Å². The molecule has 0 aromatic heterocycles. The summed E-state index contributed by atoms with van der Waals surface area (Å²) in [6.07, 6.45) is -1.40. The Kier molecular flexibility index (Phi) is 7.63. The fraction of sp³-hybridized carbons (Fsp3) is 0.385. The second kappa shape index (κ2) is 10.9. The van der Waals surface area contributed by atoms with Crippen LogP contribution in [0.1, 0.15) is 23.1 Å². The molecule has 37 heavy (non-hydrogen) atoms. The normalized spacial score (nSPS) is 20.0. The van der Waals surface area contributed by atoms with E-state index in [4.69, 9.17) is 4.74 Å². The van der Waals surface area contributed by atoms with Crippen molar-refractivity contribution in [2.45, 2.75) is 38.6 Å². The number of carbonyl (C=O) groups is 4. The van der Waals surface area contributed by atoms with Gasteiger partial charge in [-0.15, -0.1) is 0 Å². The van der Waals surface area contributed by atoms with Gasteiger partial charge in [-0.25, -0.2) is 14.8 Å². The van der Waals surface area contributed by atoms with Gasteiger partial charge in [-0.3, -0.25) is 14.4 Å². The van der Waals surface area contributed by atoms with Crippen molar-refractivity contribution in [2.75, 3.05) is 27.2 Å². The van der Waals surface area contributed by atoms with Crippen LogP contribution in [0.15, 0.2) is 48.5 Å². The number of piperazine rings is 1. The molecule has 2 heterocycles. The Labute approximate surface area is 215 Å². The van der Waals surface area contributed by atoms with Crippen molar-refractivity contribution in [3.63, 3.8) is 0 Å². The van der Waals surface area contributed by atoms with Crippen molar-refractivity contribution in [2.24, 2.45) is 0 Å². The summed E-state index contributed by atoms with van der Waals surface area (Å²) >= 11 is 0. The Bertz CT molecular complexity index is 1170. The zero-order valence-electron chi connectivity index (χ0n) is 21.1. The number of rotatable bonds is 7. The van der Waals surface area contributed by atoms with Gasteiger partial charge in [-0.05, 0) is 30.2 Å². The van der Waals surface area contributed by atoms with Gasteiger partial charge in [0.05, 0.1) is 26.6 Å². The Balaban J connectivity index is 1.58. The molecular weight excluding hydrogens is 478 g/mol. The highest BCUT2D eigenvalue weighted by molar-refractivity contribution is 5.93. The molecule has 2 saturated heterocycles. The second-order valence-corrected chi connectivity index (χ2v) is 9.27. The highest BCUT2D eigenvalue weighted by Gasteiger charge is 2.51. The Morgan fingerprint density at radius 3 is 2.32 bits per heavy atom. The summed E-state index contributed by atoms with van der Waals surface area (Å²) in [5.74, 6) is -1.35. The van der Waals surface area contributed by atoms with Crippen molar-refractivity contribution >= 4 is 23.8 Å². The Morgan fingerprint density at radius 2 is 1.70 bits per heavy atom. The molecule has 2 aromatic rings. The number of benzene rings is 2. The Hall–Kier alpha value is -4.12. The third kappa shape index (κ3) is 5.67. The van der Waals surface area contributed by atoms with Crippen molar-refractivity contribution in [3.8, 4) is 5.75 Å². The minimum Gasteiger partial charge on any atom is -0.497 e.